The van der Waals surface area contributed by atoms with Gasteiger partial charge in [0.25, 0.3) is 0 Å². The van der Waals surface area contributed by atoms with Crippen LogP contribution in [-0.4, -0.2) is 38.2 Å². The van der Waals surface area contributed by atoms with E-state index < -0.39 is 0 Å². The maximum atomic E-state index is 5.53. The maximum Gasteiger partial charge on any atom is 0.161 e. The van der Waals surface area contributed by atoms with Gasteiger partial charge in [-0.05, 0) is 37.6 Å². The first-order valence-electron chi connectivity index (χ1n) is 5.68. The molecule has 2 heterocycles. The molecule has 0 bridgehead atoms. The molecule has 0 unspecified atom stereocenters. The lowest BCUT2D eigenvalue weighted by Crippen LogP contribution is -2.15. The molecule has 0 radical (unpaired) electrons. The number of ether oxygens (including phenoxy) is 1. The normalized spacial score (nSPS) is 25.5. The Morgan fingerprint density at radius 1 is 1.56 bits per heavy atom. The Morgan fingerprint density at radius 2 is 2.38 bits per heavy atom. The van der Waals surface area contributed by atoms with Crippen molar-refractivity contribution in [3.05, 3.63) is 5.82 Å². The highest BCUT2D eigenvalue weighted by Gasteiger charge is 2.25. The third-order valence-corrected chi connectivity index (χ3v) is 4.26. The van der Waals surface area contributed by atoms with Gasteiger partial charge in [0.05, 0.1) is 17.9 Å². The van der Waals surface area contributed by atoms with Crippen LogP contribution in [0.1, 0.15) is 39.1 Å². The first-order chi connectivity index (χ1) is 7.68. The molecule has 0 N–H and O–H groups in total. The van der Waals surface area contributed by atoms with E-state index in [0.29, 0.717) is 17.4 Å². The summed E-state index contributed by atoms with van der Waals surface area (Å²) in [4.78, 5) is 0. The van der Waals surface area contributed by atoms with Crippen LogP contribution in [0.15, 0.2) is 0 Å². The van der Waals surface area contributed by atoms with Crippen molar-refractivity contribution in [2.75, 3.05) is 6.61 Å². The van der Waals surface area contributed by atoms with Crippen LogP contribution in [0.3, 0.4) is 0 Å². The van der Waals surface area contributed by atoms with Gasteiger partial charge < -0.3 is 4.74 Å². The lowest BCUT2D eigenvalue weighted by molar-refractivity contribution is 0.127. The largest absolute Gasteiger partial charge is 0.377 e. The molecule has 5 nitrogen and oxygen atoms in total. The summed E-state index contributed by atoms with van der Waals surface area (Å²) in [6.45, 7) is 7.20. The molecule has 1 fully saturated rings. The van der Waals surface area contributed by atoms with Gasteiger partial charge in [0.1, 0.15) is 0 Å². The number of hydrogen-bond acceptors (Lipinski definition) is 5. The fraction of sp³-hybridized carbons (Fsp3) is 0.900. The summed E-state index contributed by atoms with van der Waals surface area (Å²) in [5.74, 6) is 1.82. The maximum absolute atomic E-state index is 5.53. The summed E-state index contributed by atoms with van der Waals surface area (Å²) < 4.78 is 7.42. The first kappa shape index (κ1) is 11.9. The molecular weight excluding hydrogens is 224 g/mol. The molecule has 90 valence electrons. The Kier molecular flexibility index (Phi) is 3.81. The van der Waals surface area contributed by atoms with Crippen LogP contribution in [-0.2, 0) is 10.5 Å². The number of rotatable bonds is 4. The van der Waals surface area contributed by atoms with Gasteiger partial charge in [0, 0.05) is 11.9 Å². The van der Waals surface area contributed by atoms with E-state index in [0.717, 1.165) is 24.6 Å². The van der Waals surface area contributed by atoms with Gasteiger partial charge in [0.2, 0.25) is 0 Å². The number of tetrazole rings is 1. The zero-order valence-corrected chi connectivity index (χ0v) is 10.8. The molecule has 0 aromatic carbocycles. The predicted octanol–water partition coefficient (Wildman–Crippen LogP) is 1.66. The van der Waals surface area contributed by atoms with Gasteiger partial charge in [-0.2, -0.15) is 0 Å². The second-order valence-electron chi connectivity index (χ2n) is 4.35. The minimum atomic E-state index is 0.322. The monoisotopic (exact) mass is 242 g/mol. The molecule has 0 aliphatic carbocycles. The van der Waals surface area contributed by atoms with Crippen molar-refractivity contribution >= 4 is 11.8 Å². The number of aromatic nitrogens is 4. The molecule has 6 heteroatoms. The average molecular weight is 242 g/mol. The fourth-order valence-corrected chi connectivity index (χ4v) is 2.99. The summed E-state index contributed by atoms with van der Waals surface area (Å²) in [5, 5.41) is 12.4. The summed E-state index contributed by atoms with van der Waals surface area (Å²) in [7, 11) is 0. The van der Waals surface area contributed by atoms with E-state index in [1.807, 2.05) is 16.4 Å². The van der Waals surface area contributed by atoms with E-state index in [1.54, 1.807) is 0 Å². The van der Waals surface area contributed by atoms with Crippen LogP contribution in [0.2, 0.25) is 0 Å². The Morgan fingerprint density at radius 3 is 3.00 bits per heavy atom. The first-order valence-corrected chi connectivity index (χ1v) is 6.73. The Hall–Kier alpha value is -0.620. The Labute approximate surface area is 99.9 Å². The van der Waals surface area contributed by atoms with E-state index in [1.165, 1.54) is 0 Å². The van der Waals surface area contributed by atoms with Crippen LogP contribution in [0.25, 0.3) is 0 Å². The van der Waals surface area contributed by atoms with Crippen LogP contribution in [0, 0.1) is 0 Å². The van der Waals surface area contributed by atoms with Crippen molar-refractivity contribution in [2.24, 2.45) is 0 Å². The molecule has 2 atom stereocenters. The van der Waals surface area contributed by atoms with Gasteiger partial charge in [-0.25, -0.2) is 4.68 Å². The Bertz CT molecular complexity index is 341. The minimum absolute atomic E-state index is 0.322. The van der Waals surface area contributed by atoms with Crippen molar-refractivity contribution in [1.29, 1.82) is 0 Å². The average Bonchev–Trinajstić information content (AvgIpc) is 2.83. The molecule has 1 aromatic heterocycles. The summed E-state index contributed by atoms with van der Waals surface area (Å²) in [5.41, 5.74) is 0. The van der Waals surface area contributed by atoms with Gasteiger partial charge in [-0.3, -0.25) is 0 Å². The lowest BCUT2D eigenvalue weighted by Gasteiger charge is -2.13. The summed E-state index contributed by atoms with van der Waals surface area (Å²) in [6, 6.07) is 0.322. The van der Waals surface area contributed by atoms with E-state index >= 15 is 0 Å². The molecule has 1 aliphatic heterocycles. The van der Waals surface area contributed by atoms with Crippen molar-refractivity contribution < 1.29 is 4.74 Å². The zero-order valence-electron chi connectivity index (χ0n) is 9.96. The third-order valence-electron chi connectivity index (χ3n) is 2.78. The second-order valence-corrected chi connectivity index (χ2v) is 5.57. The smallest absolute Gasteiger partial charge is 0.161 e. The molecule has 0 amide bonds. The fourth-order valence-electron chi connectivity index (χ4n) is 1.82. The van der Waals surface area contributed by atoms with Crippen LogP contribution in [0.4, 0.5) is 0 Å². The lowest BCUT2D eigenvalue weighted by atomic mass is 10.3. The molecule has 2 rings (SSSR count). The standard InChI is InChI=1S/C10H18N4OS/c1-7(2)14-10(11-12-13-14)6-16-9-4-5-15-8(9)3/h7-9H,4-6H2,1-3H3/t8-,9+/m1/s1. The molecule has 1 saturated heterocycles. The van der Waals surface area contributed by atoms with E-state index in [2.05, 4.69) is 36.3 Å². The molecule has 0 spiro atoms. The van der Waals surface area contributed by atoms with Gasteiger partial charge in [-0.15, -0.1) is 16.9 Å². The van der Waals surface area contributed by atoms with Crippen molar-refractivity contribution in [3.63, 3.8) is 0 Å². The van der Waals surface area contributed by atoms with Gasteiger partial charge >= 0.3 is 0 Å². The number of nitrogens with zero attached hydrogens (tertiary/aromatic N) is 4. The molecule has 1 aromatic rings. The number of hydrogen-bond donors (Lipinski definition) is 0. The SMILES string of the molecule is CC(C)n1nnnc1CS[C@H]1CCO[C@@H]1C. The molecule has 0 saturated carbocycles. The van der Waals surface area contributed by atoms with Crippen LogP contribution in [0.5, 0.6) is 0 Å². The number of thioether (sulfide) groups is 1. The van der Waals surface area contributed by atoms with E-state index in [-0.39, 0.29) is 0 Å². The van der Waals surface area contributed by atoms with Crippen molar-refractivity contribution in [3.8, 4) is 0 Å². The summed E-state index contributed by atoms with van der Waals surface area (Å²) >= 11 is 1.89. The van der Waals surface area contributed by atoms with E-state index in [4.69, 9.17) is 4.74 Å². The molecule has 1 aliphatic rings. The topological polar surface area (TPSA) is 52.8 Å². The molecule has 16 heavy (non-hydrogen) atoms. The highest BCUT2D eigenvalue weighted by molar-refractivity contribution is 7.99. The Balaban J connectivity index is 1.91. The predicted molar refractivity (Wildman–Crippen MR) is 63.3 cm³/mol. The van der Waals surface area contributed by atoms with Crippen LogP contribution >= 0.6 is 11.8 Å². The zero-order chi connectivity index (χ0) is 11.5. The van der Waals surface area contributed by atoms with Gasteiger partial charge in [-0.1, -0.05) is 0 Å². The molecular formula is C10H18N4OS. The highest BCUT2D eigenvalue weighted by atomic mass is 32.2. The van der Waals surface area contributed by atoms with E-state index in [9.17, 15) is 0 Å². The minimum Gasteiger partial charge on any atom is -0.377 e. The quantitative estimate of drug-likeness (QED) is 0.804. The van der Waals surface area contributed by atoms with Crippen LogP contribution < -0.4 is 0 Å². The second kappa shape index (κ2) is 5.14. The summed E-state index contributed by atoms with van der Waals surface area (Å²) in [6.07, 6.45) is 1.49. The highest BCUT2D eigenvalue weighted by Crippen LogP contribution is 2.28. The van der Waals surface area contributed by atoms with Gasteiger partial charge in [0.15, 0.2) is 5.82 Å². The van der Waals surface area contributed by atoms with Crippen molar-refractivity contribution in [1.82, 2.24) is 20.2 Å². The van der Waals surface area contributed by atoms with Crippen molar-refractivity contribution in [2.45, 2.75) is 50.3 Å². The third kappa shape index (κ3) is 2.55.